The number of nitrogens with zero attached hydrogens (tertiary/aromatic N) is 1. The molecule has 0 saturated carbocycles. The minimum atomic E-state index is 0. The number of aliphatic imine (C=N–C) groups is 1. The SMILES string of the molecule is CCCNC(=NC)NC(C)CCc1ccccc1.I. The summed E-state index contributed by atoms with van der Waals surface area (Å²) in [6.45, 7) is 5.31. The molecule has 1 atom stereocenters. The second-order valence-electron chi connectivity index (χ2n) is 4.57. The quantitative estimate of drug-likeness (QED) is 0.455. The molecule has 108 valence electrons. The van der Waals surface area contributed by atoms with E-state index in [-0.39, 0.29) is 24.0 Å². The first-order chi connectivity index (χ1) is 8.76. The van der Waals surface area contributed by atoms with E-state index in [0.717, 1.165) is 31.8 Å². The minimum Gasteiger partial charge on any atom is -0.356 e. The summed E-state index contributed by atoms with van der Waals surface area (Å²) < 4.78 is 0. The normalized spacial score (nSPS) is 12.5. The summed E-state index contributed by atoms with van der Waals surface area (Å²) in [4.78, 5) is 4.21. The van der Waals surface area contributed by atoms with Crippen LogP contribution in [0, 0.1) is 0 Å². The van der Waals surface area contributed by atoms with Gasteiger partial charge in [0, 0.05) is 19.6 Å². The van der Waals surface area contributed by atoms with Crippen LogP contribution in [0.4, 0.5) is 0 Å². The van der Waals surface area contributed by atoms with Crippen LogP contribution >= 0.6 is 24.0 Å². The van der Waals surface area contributed by atoms with Crippen molar-refractivity contribution in [1.82, 2.24) is 10.6 Å². The molecular weight excluding hydrogens is 349 g/mol. The first kappa shape index (κ1) is 18.2. The van der Waals surface area contributed by atoms with E-state index in [1.165, 1.54) is 5.56 Å². The Labute approximate surface area is 134 Å². The van der Waals surface area contributed by atoms with Crippen molar-refractivity contribution >= 4 is 29.9 Å². The van der Waals surface area contributed by atoms with Crippen LogP contribution in [0.1, 0.15) is 32.3 Å². The Balaban J connectivity index is 0.00000324. The van der Waals surface area contributed by atoms with Crippen LogP contribution in [-0.4, -0.2) is 25.6 Å². The van der Waals surface area contributed by atoms with Gasteiger partial charge in [0.05, 0.1) is 0 Å². The lowest BCUT2D eigenvalue weighted by Crippen LogP contribution is -2.42. The molecular formula is C15H26IN3. The molecule has 0 aromatic heterocycles. The Morgan fingerprint density at radius 1 is 1.26 bits per heavy atom. The van der Waals surface area contributed by atoms with Crippen LogP contribution in [0.2, 0.25) is 0 Å². The maximum absolute atomic E-state index is 4.21. The van der Waals surface area contributed by atoms with Gasteiger partial charge in [0.1, 0.15) is 0 Å². The van der Waals surface area contributed by atoms with Gasteiger partial charge in [-0.2, -0.15) is 0 Å². The van der Waals surface area contributed by atoms with Gasteiger partial charge in [0.25, 0.3) is 0 Å². The van der Waals surface area contributed by atoms with Crippen molar-refractivity contribution in [3.63, 3.8) is 0 Å². The summed E-state index contributed by atoms with van der Waals surface area (Å²) in [7, 11) is 1.81. The lowest BCUT2D eigenvalue weighted by Gasteiger charge is -2.17. The Morgan fingerprint density at radius 3 is 2.53 bits per heavy atom. The van der Waals surface area contributed by atoms with E-state index < -0.39 is 0 Å². The monoisotopic (exact) mass is 375 g/mol. The smallest absolute Gasteiger partial charge is 0.191 e. The zero-order valence-electron chi connectivity index (χ0n) is 12.1. The minimum absolute atomic E-state index is 0. The van der Waals surface area contributed by atoms with E-state index in [4.69, 9.17) is 0 Å². The highest BCUT2D eigenvalue weighted by Crippen LogP contribution is 2.04. The molecule has 19 heavy (non-hydrogen) atoms. The van der Waals surface area contributed by atoms with Crippen LogP contribution in [0.15, 0.2) is 35.3 Å². The molecule has 0 radical (unpaired) electrons. The molecule has 0 fully saturated rings. The Hall–Kier alpha value is -0.780. The summed E-state index contributed by atoms with van der Waals surface area (Å²) in [6, 6.07) is 11.0. The molecule has 3 nitrogen and oxygen atoms in total. The molecule has 0 spiro atoms. The third kappa shape index (κ3) is 8.08. The molecule has 4 heteroatoms. The summed E-state index contributed by atoms with van der Waals surface area (Å²) in [5, 5.41) is 6.70. The molecule has 1 rings (SSSR count). The predicted molar refractivity (Wildman–Crippen MR) is 94.4 cm³/mol. The molecule has 0 amide bonds. The Bertz CT molecular complexity index is 352. The van der Waals surface area contributed by atoms with Crippen molar-refractivity contribution in [3.8, 4) is 0 Å². The number of nitrogens with one attached hydrogen (secondary N) is 2. The van der Waals surface area contributed by atoms with Crippen molar-refractivity contribution in [2.75, 3.05) is 13.6 Å². The first-order valence-electron chi connectivity index (χ1n) is 6.77. The first-order valence-corrected chi connectivity index (χ1v) is 6.77. The Kier molecular flexibility index (Phi) is 10.6. The highest BCUT2D eigenvalue weighted by Gasteiger charge is 2.04. The number of rotatable bonds is 6. The number of guanidine groups is 1. The fourth-order valence-corrected chi connectivity index (χ4v) is 1.77. The zero-order valence-corrected chi connectivity index (χ0v) is 14.5. The van der Waals surface area contributed by atoms with Crippen molar-refractivity contribution < 1.29 is 0 Å². The standard InChI is InChI=1S/C15H25N3.HI/c1-4-12-17-15(16-3)18-13(2)10-11-14-8-6-5-7-9-14;/h5-9,13H,4,10-12H2,1-3H3,(H2,16,17,18);1H. The number of hydrogen-bond acceptors (Lipinski definition) is 1. The topological polar surface area (TPSA) is 36.4 Å². The van der Waals surface area contributed by atoms with E-state index in [0.29, 0.717) is 6.04 Å². The van der Waals surface area contributed by atoms with Gasteiger partial charge in [-0.05, 0) is 31.7 Å². The fourth-order valence-electron chi connectivity index (χ4n) is 1.77. The van der Waals surface area contributed by atoms with Crippen LogP contribution < -0.4 is 10.6 Å². The lowest BCUT2D eigenvalue weighted by molar-refractivity contribution is 0.592. The van der Waals surface area contributed by atoms with Gasteiger partial charge < -0.3 is 10.6 Å². The summed E-state index contributed by atoms with van der Waals surface area (Å²) >= 11 is 0. The molecule has 1 unspecified atom stereocenters. The van der Waals surface area contributed by atoms with Crippen LogP contribution in [0.5, 0.6) is 0 Å². The van der Waals surface area contributed by atoms with Gasteiger partial charge in [-0.25, -0.2) is 0 Å². The van der Waals surface area contributed by atoms with Crippen molar-refractivity contribution in [3.05, 3.63) is 35.9 Å². The summed E-state index contributed by atoms with van der Waals surface area (Å²) in [5.41, 5.74) is 1.39. The average Bonchev–Trinajstić information content (AvgIpc) is 2.42. The maximum Gasteiger partial charge on any atom is 0.191 e. The largest absolute Gasteiger partial charge is 0.356 e. The molecule has 0 aliphatic carbocycles. The maximum atomic E-state index is 4.21. The van der Waals surface area contributed by atoms with Crippen molar-refractivity contribution in [1.29, 1.82) is 0 Å². The van der Waals surface area contributed by atoms with E-state index in [9.17, 15) is 0 Å². The van der Waals surface area contributed by atoms with Crippen LogP contribution in [-0.2, 0) is 6.42 Å². The van der Waals surface area contributed by atoms with E-state index >= 15 is 0 Å². The summed E-state index contributed by atoms with van der Waals surface area (Å²) in [6.07, 6.45) is 3.32. The lowest BCUT2D eigenvalue weighted by atomic mass is 10.1. The van der Waals surface area contributed by atoms with Crippen LogP contribution in [0.3, 0.4) is 0 Å². The van der Waals surface area contributed by atoms with Gasteiger partial charge in [-0.1, -0.05) is 37.3 Å². The molecule has 0 bridgehead atoms. The van der Waals surface area contributed by atoms with Crippen LogP contribution in [0.25, 0.3) is 0 Å². The third-order valence-electron chi connectivity index (χ3n) is 2.86. The van der Waals surface area contributed by atoms with E-state index in [1.807, 2.05) is 7.05 Å². The fraction of sp³-hybridized carbons (Fsp3) is 0.533. The zero-order chi connectivity index (χ0) is 13.2. The number of benzene rings is 1. The second kappa shape index (κ2) is 11.1. The number of aryl methyl sites for hydroxylation is 1. The highest BCUT2D eigenvalue weighted by molar-refractivity contribution is 14.0. The average molecular weight is 375 g/mol. The van der Waals surface area contributed by atoms with Gasteiger partial charge in [0.2, 0.25) is 0 Å². The highest BCUT2D eigenvalue weighted by atomic mass is 127. The van der Waals surface area contributed by atoms with Gasteiger partial charge in [-0.3, -0.25) is 4.99 Å². The summed E-state index contributed by atoms with van der Waals surface area (Å²) in [5.74, 6) is 0.900. The van der Waals surface area contributed by atoms with E-state index in [2.05, 4.69) is 59.8 Å². The van der Waals surface area contributed by atoms with Gasteiger partial charge in [-0.15, -0.1) is 24.0 Å². The van der Waals surface area contributed by atoms with E-state index in [1.54, 1.807) is 0 Å². The number of halogens is 1. The molecule has 1 aromatic carbocycles. The third-order valence-corrected chi connectivity index (χ3v) is 2.86. The van der Waals surface area contributed by atoms with Gasteiger partial charge in [0.15, 0.2) is 5.96 Å². The van der Waals surface area contributed by atoms with Crippen molar-refractivity contribution in [2.45, 2.75) is 39.2 Å². The second-order valence-corrected chi connectivity index (χ2v) is 4.57. The number of hydrogen-bond donors (Lipinski definition) is 2. The Morgan fingerprint density at radius 2 is 1.95 bits per heavy atom. The molecule has 0 heterocycles. The molecule has 0 aliphatic heterocycles. The van der Waals surface area contributed by atoms with Crippen molar-refractivity contribution in [2.24, 2.45) is 4.99 Å². The molecule has 0 aliphatic rings. The van der Waals surface area contributed by atoms with Gasteiger partial charge >= 0.3 is 0 Å². The predicted octanol–water partition coefficient (Wildman–Crippen LogP) is 3.20. The molecule has 0 saturated heterocycles. The molecule has 1 aromatic rings. The molecule has 2 N–H and O–H groups in total.